The van der Waals surface area contributed by atoms with Crippen molar-refractivity contribution in [2.75, 3.05) is 7.05 Å². The van der Waals surface area contributed by atoms with Crippen molar-refractivity contribution >= 4 is 50.2 Å². The lowest BCUT2D eigenvalue weighted by Gasteiger charge is -2.13. The Morgan fingerprint density at radius 1 is 1.50 bits per heavy atom. The number of thiophene rings is 2. The summed E-state index contributed by atoms with van der Waals surface area (Å²) < 4.78 is 1.19. The molecule has 86 valence electrons. The highest BCUT2D eigenvalue weighted by molar-refractivity contribution is 9.11. The van der Waals surface area contributed by atoms with E-state index in [1.807, 2.05) is 18.5 Å². The molecule has 0 aliphatic carbocycles. The Labute approximate surface area is 117 Å². The van der Waals surface area contributed by atoms with Crippen LogP contribution in [0.1, 0.15) is 21.4 Å². The van der Waals surface area contributed by atoms with Crippen LogP contribution in [-0.2, 0) is 0 Å². The molecule has 2 aromatic rings. The maximum absolute atomic E-state index is 6.17. The minimum atomic E-state index is 0.197. The molecular weight excluding hydrogens is 326 g/mol. The van der Waals surface area contributed by atoms with Crippen molar-refractivity contribution in [3.8, 4) is 0 Å². The van der Waals surface area contributed by atoms with Crippen molar-refractivity contribution in [3.63, 3.8) is 0 Å². The summed E-state index contributed by atoms with van der Waals surface area (Å²) in [6, 6.07) is 4.34. The second-order valence-corrected chi connectivity index (χ2v) is 7.22. The predicted octanol–water partition coefficient (Wildman–Crippen LogP) is 4.84. The van der Waals surface area contributed by atoms with E-state index in [2.05, 4.69) is 34.2 Å². The maximum Gasteiger partial charge on any atom is 0.0778 e. The molecule has 1 atom stereocenters. The van der Waals surface area contributed by atoms with Gasteiger partial charge in [0.1, 0.15) is 0 Å². The molecule has 0 bridgehead atoms. The highest BCUT2D eigenvalue weighted by atomic mass is 79.9. The van der Waals surface area contributed by atoms with E-state index in [1.165, 1.54) is 19.1 Å². The van der Waals surface area contributed by atoms with Crippen molar-refractivity contribution in [2.24, 2.45) is 0 Å². The average Bonchev–Trinajstić information content (AvgIpc) is 2.78. The second-order valence-electron chi connectivity index (χ2n) is 3.46. The van der Waals surface area contributed by atoms with Gasteiger partial charge in [-0.15, -0.1) is 22.7 Å². The molecule has 0 aromatic carbocycles. The third-order valence-corrected chi connectivity index (χ3v) is 5.98. The molecule has 2 heterocycles. The van der Waals surface area contributed by atoms with Crippen LogP contribution in [-0.4, -0.2) is 7.05 Å². The molecule has 0 saturated heterocycles. The van der Waals surface area contributed by atoms with E-state index in [0.717, 1.165) is 5.02 Å². The van der Waals surface area contributed by atoms with Gasteiger partial charge in [-0.3, -0.25) is 0 Å². The molecule has 2 rings (SSSR count). The summed E-state index contributed by atoms with van der Waals surface area (Å²) in [5.74, 6) is 0. The van der Waals surface area contributed by atoms with Crippen molar-refractivity contribution in [3.05, 3.63) is 41.6 Å². The number of halogens is 2. The molecular formula is C11H11BrClNS2. The van der Waals surface area contributed by atoms with Gasteiger partial charge in [0.15, 0.2) is 0 Å². The molecule has 16 heavy (non-hydrogen) atoms. The molecule has 0 aliphatic heterocycles. The highest BCUT2D eigenvalue weighted by Crippen LogP contribution is 2.38. The van der Waals surface area contributed by atoms with E-state index < -0.39 is 0 Å². The summed E-state index contributed by atoms with van der Waals surface area (Å²) in [6.07, 6.45) is 0. The van der Waals surface area contributed by atoms with Crippen LogP contribution < -0.4 is 5.32 Å². The van der Waals surface area contributed by atoms with E-state index in [-0.39, 0.29) is 6.04 Å². The highest BCUT2D eigenvalue weighted by Gasteiger charge is 2.19. The molecule has 2 aromatic heterocycles. The first-order valence-electron chi connectivity index (χ1n) is 4.79. The number of rotatable bonds is 3. The zero-order chi connectivity index (χ0) is 11.7. The molecule has 0 amide bonds. The summed E-state index contributed by atoms with van der Waals surface area (Å²) in [6.45, 7) is 2.10. The standard InChI is InChI=1S/C11H11BrClNS2/c1-6-5-8(16-11(6)12)9(14-2)10-7(13)3-4-15-10/h3-5,9,14H,1-2H3. The predicted molar refractivity (Wildman–Crippen MR) is 77.0 cm³/mol. The van der Waals surface area contributed by atoms with Gasteiger partial charge in [-0.05, 0) is 53.0 Å². The summed E-state index contributed by atoms with van der Waals surface area (Å²) in [7, 11) is 1.96. The third-order valence-electron chi connectivity index (χ3n) is 2.36. The maximum atomic E-state index is 6.17. The van der Waals surface area contributed by atoms with E-state index in [0.29, 0.717) is 0 Å². The zero-order valence-electron chi connectivity index (χ0n) is 8.88. The molecule has 0 fully saturated rings. The van der Waals surface area contributed by atoms with Gasteiger partial charge in [0, 0.05) is 9.75 Å². The third kappa shape index (κ3) is 2.36. The van der Waals surface area contributed by atoms with Gasteiger partial charge < -0.3 is 5.32 Å². The molecule has 0 aliphatic rings. The monoisotopic (exact) mass is 335 g/mol. The number of hydrogen-bond acceptors (Lipinski definition) is 3. The van der Waals surface area contributed by atoms with Crippen LogP contribution in [0, 0.1) is 6.92 Å². The van der Waals surface area contributed by atoms with Crippen LogP contribution in [0.3, 0.4) is 0 Å². The van der Waals surface area contributed by atoms with Crippen LogP contribution in [0.4, 0.5) is 0 Å². The van der Waals surface area contributed by atoms with Gasteiger partial charge in [-0.25, -0.2) is 0 Å². The summed E-state index contributed by atoms with van der Waals surface area (Å²) in [5, 5.41) is 6.18. The van der Waals surface area contributed by atoms with Gasteiger partial charge in [0.2, 0.25) is 0 Å². The normalized spacial score (nSPS) is 13.0. The Hall–Kier alpha value is 0.130. The molecule has 1 N–H and O–H groups in total. The zero-order valence-corrected chi connectivity index (χ0v) is 12.9. The first-order valence-corrected chi connectivity index (χ1v) is 7.66. The fourth-order valence-electron chi connectivity index (χ4n) is 1.54. The van der Waals surface area contributed by atoms with Crippen LogP contribution in [0.2, 0.25) is 5.02 Å². The van der Waals surface area contributed by atoms with Gasteiger partial charge in [-0.2, -0.15) is 0 Å². The molecule has 0 saturated carbocycles. The van der Waals surface area contributed by atoms with Crippen LogP contribution in [0.5, 0.6) is 0 Å². The summed E-state index contributed by atoms with van der Waals surface area (Å²) in [4.78, 5) is 2.47. The Morgan fingerprint density at radius 2 is 2.25 bits per heavy atom. The van der Waals surface area contributed by atoms with Gasteiger partial charge in [0.25, 0.3) is 0 Å². The fourth-order valence-corrected chi connectivity index (χ4v) is 4.60. The minimum Gasteiger partial charge on any atom is -0.308 e. The van der Waals surface area contributed by atoms with E-state index >= 15 is 0 Å². The van der Waals surface area contributed by atoms with Gasteiger partial charge in [0.05, 0.1) is 14.9 Å². The quantitative estimate of drug-likeness (QED) is 0.845. The molecule has 0 spiro atoms. The minimum absolute atomic E-state index is 0.197. The average molecular weight is 337 g/mol. The van der Waals surface area contributed by atoms with Gasteiger partial charge >= 0.3 is 0 Å². The van der Waals surface area contributed by atoms with Crippen molar-refractivity contribution in [2.45, 2.75) is 13.0 Å². The van der Waals surface area contributed by atoms with E-state index in [4.69, 9.17) is 11.6 Å². The summed E-state index contributed by atoms with van der Waals surface area (Å²) >= 11 is 13.2. The van der Waals surface area contributed by atoms with E-state index in [9.17, 15) is 0 Å². The lowest BCUT2D eigenvalue weighted by Crippen LogP contribution is -2.15. The van der Waals surface area contributed by atoms with Crippen molar-refractivity contribution in [1.29, 1.82) is 0 Å². The lowest BCUT2D eigenvalue weighted by molar-refractivity contribution is 0.716. The van der Waals surface area contributed by atoms with Crippen LogP contribution >= 0.6 is 50.2 Å². The number of nitrogens with one attached hydrogen (secondary N) is 1. The lowest BCUT2D eigenvalue weighted by atomic mass is 10.2. The Morgan fingerprint density at radius 3 is 2.69 bits per heavy atom. The van der Waals surface area contributed by atoms with E-state index in [1.54, 1.807) is 22.7 Å². The van der Waals surface area contributed by atoms with Crippen molar-refractivity contribution in [1.82, 2.24) is 5.32 Å². The largest absolute Gasteiger partial charge is 0.308 e. The number of hydrogen-bond donors (Lipinski definition) is 1. The first kappa shape index (κ1) is 12.6. The van der Waals surface area contributed by atoms with Gasteiger partial charge in [-0.1, -0.05) is 11.6 Å². The topological polar surface area (TPSA) is 12.0 Å². The van der Waals surface area contributed by atoms with Crippen LogP contribution in [0.25, 0.3) is 0 Å². The Bertz CT molecular complexity index is 472. The SMILES string of the molecule is CNC(c1cc(C)c(Br)s1)c1sccc1Cl. The molecule has 0 radical (unpaired) electrons. The molecule has 5 heteroatoms. The van der Waals surface area contributed by atoms with Crippen molar-refractivity contribution < 1.29 is 0 Å². The second kappa shape index (κ2) is 5.19. The smallest absolute Gasteiger partial charge is 0.0778 e. The Kier molecular flexibility index (Phi) is 4.08. The first-order chi connectivity index (χ1) is 7.63. The molecule has 1 nitrogen and oxygen atoms in total. The molecule has 1 unspecified atom stereocenters. The summed E-state index contributed by atoms with van der Waals surface area (Å²) in [5.41, 5.74) is 1.27. The van der Waals surface area contributed by atoms with Crippen LogP contribution in [0.15, 0.2) is 21.3 Å². The fraction of sp³-hybridized carbons (Fsp3) is 0.273. The number of aryl methyl sites for hydroxylation is 1. The Balaban J connectivity index is 2.40.